The lowest BCUT2D eigenvalue weighted by Crippen LogP contribution is -2.28. The fourth-order valence-corrected chi connectivity index (χ4v) is 26.9. The Labute approximate surface area is 838 Å². The highest BCUT2D eigenvalue weighted by molar-refractivity contribution is 6.26. The summed E-state index contributed by atoms with van der Waals surface area (Å²) >= 11 is 0. The molecule has 0 aromatic heterocycles. The van der Waals surface area contributed by atoms with Crippen LogP contribution < -0.4 is 0 Å². The largest absolute Gasteiger partial charge is 0.0713 e. The van der Waals surface area contributed by atoms with Crippen LogP contribution in [-0.2, 0) is 21.7 Å². The van der Waals surface area contributed by atoms with Crippen LogP contribution in [0.3, 0.4) is 0 Å². The van der Waals surface area contributed by atoms with Crippen LogP contribution in [0.2, 0.25) is 0 Å². The Morgan fingerprint density at radius 1 is 0.118 bits per heavy atom. The predicted molar refractivity (Wildman–Crippen MR) is 610 cm³/mol. The van der Waals surface area contributed by atoms with Crippen LogP contribution in [0, 0.1) is 0 Å². The second kappa shape index (κ2) is 31.9. The van der Waals surface area contributed by atoms with Gasteiger partial charge in [0.2, 0.25) is 0 Å². The maximum absolute atomic E-state index is 2.55. The summed E-state index contributed by atoms with van der Waals surface area (Å²) in [6, 6.07) is 193. The van der Waals surface area contributed by atoms with Gasteiger partial charge in [0.1, 0.15) is 0 Å². The van der Waals surface area contributed by atoms with E-state index in [1.807, 2.05) is 0 Å². The van der Waals surface area contributed by atoms with Crippen LogP contribution in [0.1, 0.15) is 94.5 Å². The molecule has 672 valence electrons. The van der Waals surface area contributed by atoms with Gasteiger partial charge in [0.05, 0.1) is 10.8 Å². The van der Waals surface area contributed by atoms with Gasteiger partial charge >= 0.3 is 0 Å². The standard InChI is InChI=1S/C82H52.C62H44/c1-5-24-59(25-6-1)81(60-26-7-2-8-27-60)75-38-19-17-32-66(75)68-45-42-57(51-77(68)81)79-70-34-15-16-35-71(70)80(58-43-46-69-67-33-18-20-39-76(67)82(78(69)52-58,61-28-9-3-10-29-61)62-30-11-4-12-31-62)74-50-56(41-47-72(74)79)63-36-21-37-64-65(63)44-40-55-48-53-22-13-14-23-54(53)49-73(55)64;1-61(2)55-22-11-9-16-46(55)48-29-26-41(35-57(48)61)59-50-18-7-8-19-51(50)60(42-27-30-49-47-17-10-12-23-56(47)62(3,4)58(49)36-42)54-34-40(25-31-52(54)59)43-20-13-21-44-45(43)28-24-39-32-37-14-5-6-15-38(37)33-53(39)44/h1-52H;5-36H,1-4H3. The van der Waals surface area contributed by atoms with Gasteiger partial charge in [-0.2, -0.15) is 0 Å². The molecular weight excluding hydrogens is 1730 g/mol. The average molecular weight is 1830 g/mol. The lowest BCUT2D eigenvalue weighted by atomic mass is 9.67. The normalized spacial score (nSPS) is 13.9. The summed E-state index contributed by atoms with van der Waals surface area (Å²) in [5, 5.41) is 25.2. The van der Waals surface area contributed by atoms with Gasteiger partial charge in [0.25, 0.3) is 0 Å². The summed E-state index contributed by atoms with van der Waals surface area (Å²) in [5.74, 6) is 0. The van der Waals surface area contributed by atoms with Crippen LogP contribution in [0.4, 0.5) is 0 Å². The lowest BCUT2D eigenvalue weighted by Gasteiger charge is -2.34. The molecule has 0 nitrogen and oxygen atoms in total. The molecule has 0 aliphatic heterocycles. The van der Waals surface area contributed by atoms with E-state index in [1.54, 1.807) is 0 Å². The molecule has 0 heterocycles. The zero-order chi connectivity index (χ0) is 95.4. The highest BCUT2D eigenvalue weighted by Crippen LogP contribution is 2.62. The molecule has 0 fully saturated rings. The number of hydrogen-bond donors (Lipinski definition) is 0. The number of fused-ring (bicyclic) bond motifs is 24. The van der Waals surface area contributed by atoms with Crippen molar-refractivity contribution in [1.29, 1.82) is 0 Å². The molecule has 0 atom stereocenters. The van der Waals surface area contributed by atoms with Crippen LogP contribution in [0.15, 0.2) is 510 Å². The van der Waals surface area contributed by atoms with Gasteiger partial charge < -0.3 is 0 Å². The number of rotatable bonds is 10. The highest BCUT2D eigenvalue weighted by atomic mass is 14.5. The van der Waals surface area contributed by atoms with Crippen molar-refractivity contribution < 1.29 is 0 Å². The van der Waals surface area contributed by atoms with E-state index in [0.29, 0.717) is 0 Å². The average Bonchev–Trinajstić information content (AvgIpc) is 1.50. The fourth-order valence-electron chi connectivity index (χ4n) is 26.9. The third-order valence-electron chi connectivity index (χ3n) is 33.4. The van der Waals surface area contributed by atoms with Crippen molar-refractivity contribution in [2.75, 3.05) is 0 Å². The summed E-state index contributed by atoms with van der Waals surface area (Å²) in [4.78, 5) is 0. The van der Waals surface area contributed by atoms with Gasteiger partial charge in [-0.25, -0.2) is 0 Å². The first-order valence-corrected chi connectivity index (χ1v) is 50.8. The molecule has 0 saturated carbocycles. The Hall–Kier alpha value is -17.7. The maximum Gasteiger partial charge on any atom is 0.0713 e. The fraction of sp³-hybridized carbons (Fsp3) is 0.0556. The third kappa shape index (κ3) is 12.2. The zero-order valence-corrected chi connectivity index (χ0v) is 80.5. The van der Waals surface area contributed by atoms with Crippen molar-refractivity contribution in [3.8, 4) is 111 Å². The molecule has 0 heteroatoms. The van der Waals surface area contributed by atoms with E-state index in [4.69, 9.17) is 0 Å². The van der Waals surface area contributed by atoms with Crippen molar-refractivity contribution in [2.24, 2.45) is 0 Å². The van der Waals surface area contributed by atoms with E-state index in [-0.39, 0.29) is 10.8 Å². The SMILES string of the molecule is CC1(C)c2ccccc2-c2ccc(-c3c4ccccc4c(-c4ccc5c(c4)C(C)(C)c4ccccc4-5)c4cc(-c5cccc6c5ccc5cc7ccccc7cc56)ccc34)cc21.c1ccc(C2(c3ccccc3)c3ccccc3-c3ccc(-c4c5ccccc5c(-c5ccc6c(c5)C(c5ccccc5)(c5ccccc5)c5ccccc5-6)c5cc(-c6cccc7c6ccc6cc8ccccc8cc67)ccc45)cc32)cc1. The van der Waals surface area contributed by atoms with Gasteiger partial charge in [0.15, 0.2) is 0 Å². The van der Waals surface area contributed by atoms with Crippen LogP contribution >= 0.6 is 0 Å². The summed E-state index contributed by atoms with van der Waals surface area (Å²) < 4.78 is 0. The quantitative estimate of drug-likeness (QED) is 0.0946. The van der Waals surface area contributed by atoms with E-state index in [2.05, 4.69) is 537 Å². The first-order chi connectivity index (χ1) is 70.9. The monoisotopic (exact) mass is 1820 g/mol. The number of benzene rings is 26. The molecular formula is C144H96. The molecule has 0 bridgehead atoms. The minimum Gasteiger partial charge on any atom is -0.0622 e. The first-order valence-electron chi connectivity index (χ1n) is 50.8. The second-order valence-electron chi connectivity index (χ2n) is 41.3. The molecule has 0 N–H and O–H groups in total. The predicted octanol–water partition coefficient (Wildman–Crippen LogP) is 38.2. The molecule has 26 aromatic rings. The minimum atomic E-state index is -0.551. The van der Waals surface area contributed by atoms with Crippen LogP contribution in [-0.4, -0.2) is 0 Å². The van der Waals surface area contributed by atoms with E-state index in [0.717, 1.165) is 0 Å². The maximum atomic E-state index is 2.55. The molecule has 26 aromatic carbocycles. The Bertz CT molecular complexity index is 9860. The Balaban J connectivity index is 0.000000142. The Morgan fingerprint density at radius 3 is 0.715 bits per heavy atom. The second-order valence-corrected chi connectivity index (χ2v) is 41.3. The summed E-state index contributed by atoms with van der Waals surface area (Å²) in [7, 11) is 0. The topological polar surface area (TPSA) is 0 Å². The Morgan fingerprint density at radius 2 is 0.361 bits per heavy atom. The van der Waals surface area contributed by atoms with Crippen molar-refractivity contribution in [2.45, 2.75) is 49.4 Å². The molecule has 0 amide bonds. The van der Waals surface area contributed by atoms with E-state index in [9.17, 15) is 0 Å². The molecule has 0 unspecified atom stereocenters. The first kappa shape index (κ1) is 83.3. The molecule has 0 saturated heterocycles. The third-order valence-corrected chi connectivity index (χ3v) is 33.4. The Kier molecular flexibility index (Phi) is 18.5. The molecule has 0 spiro atoms. The zero-order valence-electron chi connectivity index (χ0n) is 80.5. The molecule has 30 rings (SSSR count). The van der Waals surface area contributed by atoms with E-state index < -0.39 is 10.8 Å². The molecule has 4 aliphatic rings. The van der Waals surface area contributed by atoms with Gasteiger partial charge in [-0.3, -0.25) is 0 Å². The van der Waals surface area contributed by atoms with Crippen LogP contribution in [0.5, 0.6) is 0 Å². The van der Waals surface area contributed by atoms with Gasteiger partial charge in [-0.1, -0.05) is 477 Å². The molecule has 144 heavy (non-hydrogen) atoms. The van der Waals surface area contributed by atoms with Crippen molar-refractivity contribution in [3.63, 3.8) is 0 Å². The van der Waals surface area contributed by atoms with Crippen molar-refractivity contribution >= 4 is 108 Å². The lowest BCUT2D eigenvalue weighted by molar-refractivity contribution is 0.660. The van der Waals surface area contributed by atoms with Crippen molar-refractivity contribution in [3.05, 3.63) is 576 Å². The van der Waals surface area contributed by atoms with Crippen LogP contribution in [0.25, 0.3) is 219 Å². The van der Waals surface area contributed by atoms with E-state index >= 15 is 0 Å². The van der Waals surface area contributed by atoms with Gasteiger partial charge in [-0.05, 0) is 346 Å². The minimum absolute atomic E-state index is 0.0969. The van der Waals surface area contributed by atoms with Crippen molar-refractivity contribution in [1.82, 2.24) is 0 Å². The summed E-state index contributed by atoms with van der Waals surface area (Å²) in [6.45, 7) is 9.55. The van der Waals surface area contributed by atoms with Gasteiger partial charge in [0, 0.05) is 10.8 Å². The molecule has 0 radical (unpaired) electrons. The summed E-state index contributed by atoms with van der Waals surface area (Å²) in [5.41, 5.74) is 39.9. The molecule has 4 aliphatic carbocycles. The highest BCUT2D eigenvalue weighted by Gasteiger charge is 2.49. The summed E-state index contributed by atoms with van der Waals surface area (Å²) in [6.07, 6.45) is 0. The smallest absolute Gasteiger partial charge is 0.0622 e. The van der Waals surface area contributed by atoms with E-state index in [1.165, 1.54) is 286 Å². The number of hydrogen-bond acceptors (Lipinski definition) is 0. The van der Waals surface area contributed by atoms with Gasteiger partial charge in [-0.15, -0.1) is 0 Å².